The Kier molecular flexibility index (Phi) is 57.3. The second-order valence-electron chi connectivity index (χ2n) is 1.77. The van der Waals surface area contributed by atoms with Crippen LogP contribution in [0.3, 0.4) is 0 Å². The molecule has 6 heteroatoms. The first-order valence-corrected chi connectivity index (χ1v) is 4.78. The summed E-state index contributed by atoms with van der Waals surface area (Å²) >= 11 is 1.64. The van der Waals surface area contributed by atoms with Crippen LogP contribution in [0.25, 0.3) is 0 Å². The van der Waals surface area contributed by atoms with E-state index in [9.17, 15) is 0 Å². The van der Waals surface area contributed by atoms with E-state index in [1.807, 2.05) is 0 Å². The minimum atomic E-state index is -0.500. The standard InChI is InChI=1S/C6H14S.BO2.Ca.H2O/c1-3-5-7-6-4-2;2-1-3;;/h3-6H2,1-2H3;;;1H2/q;-2;+2;. The van der Waals surface area contributed by atoms with Crippen LogP contribution in [0.15, 0.2) is 0 Å². The minimum absolute atomic E-state index is 0. The van der Waals surface area contributed by atoms with Gasteiger partial charge in [0, 0.05) is 0 Å². The molecule has 0 rings (SSSR count). The Balaban J connectivity index is -0.0000000569. The number of thiol groups is 1. The monoisotopic (exact) mass is 219 g/mol. The molecule has 1 N–H and O–H groups in total. The summed E-state index contributed by atoms with van der Waals surface area (Å²) in [5.74, 6) is 2.79. The van der Waals surface area contributed by atoms with E-state index in [0.29, 0.717) is 0 Å². The van der Waals surface area contributed by atoms with Crippen LogP contribution in [0.2, 0.25) is 0 Å². The van der Waals surface area contributed by atoms with Gasteiger partial charge >= 0.3 is 37.7 Å². The maximum atomic E-state index is 8.25. The Morgan fingerprint density at radius 2 is 1.33 bits per heavy atom. The second kappa shape index (κ2) is 29.4. The summed E-state index contributed by atoms with van der Waals surface area (Å²) in [4.78, 5) is 0. The van der Waals surface area contributed by atoms with Crippen molar-refractivity contribution in [3.63, 3.8) is 0 Å². The van der Waals surface area contributed by atoms with Crippen molar-refractivity contribution >= 4 is 57.2 Å². The van der Waals surface area contributed by atoms with Gasteiger partial charge < -0.3 is 15.5 Å². The molecule has 0 aliphatic heterocycles. The molecule has 1 radical (unpaired) electrons. The van der Waals surface area contributed by atoms with Gasteiger partial charge in [-0.25, -0.2) is 7.69 Å². The maximum Gasteiger partial charge on any atom is 2.00 e. The normalized spacial score (nSPS) is 6.67. The minimum Gasteiger partial charge on any atom is -0.900 e. The first kappa shape index (κ1) is 23.4. The second-order valence-corrected chi connectivity index (χ2v) is 3.11. The van der Waals surface area contributed by atoms with Crippen LogP contribution < -0.4 is 10.0 Å². The predicted molar refractivity (Wildman–Crippen MR) is 52.5 cm³/mol. The van der Waals surface area contributed by atoms with Gasteiger partial charge in [-0.3, -0.25) is 0 Å². The van der Waals surface area contributed by atoms with E-state index < -0.39 is 7.69 Å². The average molecular weight is 219 g/mol. The molecular formula is C6H16BCaO3S. The van der Waals surface area contributed by atoms with Crippen LogP contribution in [0.5, 0.6) is 0 Å². The molecule has 3 nitrogen and oxygen atoms in total. The molecule has 0 bridgehead atoms. The maximum absolute atomic E-state index is 8.25. The third-order valence-corrected chi connectivity index (χ3v) is 2.29. The van der Waals surface area contributed by atoms with Crippen LogP contribution in [0.1, 0.15) is 26.7 Å². The van der Waals surface area contributed by atoms with Crippen molar-refractivity contribution in [2.24, 2.45) is 0 Å². The third-order valence-electron chi connectivity index (χ3n) is 0.763. The van der Waals surface area contributed by atoms with Crippen LogP contribution in [-0.2, 0) is 11.8 Å². The van der Waals surface area contributed by atoms with Crippen molar-refractivity contribution in [2.75, 3.05) is 11.5 Å². The number of hydrogen-bond donors (Lipinski definition) is 0. The molecule has 12 heavy (non-hydrogen) atoms. The zero-order valence-electron chi connectivity index (χ0n) is 7.82. The van der Waals surface area contributed by atoms with Gasteiger partial charge in [-0.15, -0.1) is 0 Å². The summed E-state index contributed by atoms with van der Waals surface area (Å²) in [6, 6.07) is 0. The smallest absolute Gasteiger partial charge is 0.900 e. The molecule has 0 saturated carbocycles. The Morgan fingerprint density at radius 3 is 1.50 bits per heavy atom. The molecule has 0 heterocycles. The summed E-state index contributed by atoms with van der Waals surface area (Å²) in [7, 11) is -0.500. The Bertz CT molecular complexity index is 49.8. The van der Waals surface area contributed by atoms with E-state index in [-0.39, 0.29) is 43.2 Å². The zero-order chi connectivity index (χ0) is 8.24. The molecule has 0 unspecified atom stereocenters. The van der Waals surface area contributed by atoms with Gasteiger partial charge in [0.1, 0.15) is 11.5 Å². The van der Waals surface area contributed by atoms with Crippen molar-refractivity contribution in [2.45, 2.75) is 26.7 Å². The van der Waals surface area contributed by atoms with Gasteiger partial charge in [0.25, 0.3) is 0 Å². The number of hydrogen-bond acceptors (Lipinski definition) is 3. The van der Waals surface area contributed by atoms with Gasteiger partial charge in [-0.1, -0.05) is 13.8 Å². The molecule has 0 aliphatic carbocycles. The molecule has 0 spiro atoms. The summed E-state index contributed by atoms with van der Waals surface area (Å²) in [5, 5.41) is 16.5. The van der Waals surface area contributed by atoms with Crippen molar-refractivity contribution < 1.29 is 15.5 Å². The largest absolute Gasteiger partial charge is 2.00 e. The molecule has 0 aliphatic rings. The van der Waals surface area contributed by atoms with Crippen molar-refractivity contribution in [3.05, 3.63) is 0 Å². The number of rotatable bonds is 4. The van der Waals surface area contributed by atoms with Crippen LogP contribution in [-0.4, -0.2) is 62.4 Å². The van der Waals surface area contributed by atoms with Gasteiger partial charge in [0.15, 0.2) is 0 Å². The average Bonchev–Trinajstić information content (AvgIpc) is 1.91. The molecule has 0 saturated heterocycles. The SMILES string of the molecule is CCC[SH+]CCC.[Ca+2].[O-][B][O-].[OH-]. The van der Waals surface area contributed by atoms with E-state index in [2.05, 4.69) is 13.8 Å². The molecule has 0 aromatic rings. The Hall–Kier alpha value is 1.55. The molecule has 0 fully saturated rings. The summed E-state index contributed by atoms with van der Waals surface area (Å²) < 4.78 is 0. The summed E-state index contributed by atoms with van der Waals surface area (Å²) in [6.45, 7) is 4.48. The Labute approximate surface area is 110 Å². The van der Waals surface area contributed by atoms with Crippen molar-refractivity contribution in [1.29, 1.82) is 0 Å². The van der Waals surface area contributed by atoms with E-state index in [0.717, 1.165) is 0 Å². The molecule has 0 aromatic heterocycles. The van der Waals surface area contributed by atoms with E-state index in [1.54, 1.807) is 11.8 Å². The third kappa shape index (κ3) is 41.7. The van der Waals surface area contributed by atoms with Crippen LogP contribution >= 0.6 is 0 Å². The first-order chi connectivity index (χ1) is 4.83. The van der Waals surface area contributed by atoms with E-state index in [4.69, 9.17) is 10.0 Å². The fourth-order valence-corrected chi connectivity index (χ4v) is 1.28. The molecule has 69 valence electrons. The van der Waals surface area contributed by atoms with Crippen LogP contribution in [0, 0.1) is 0 Å². The molecule has 0 aromatic carbocycles. The fraction of sp³-hybridized carbons (Fsp3) is 1.00. The topological polar surface area (TPSA) is 76.1 Å². The zero-order valence-corrected chi connectivity index (χ0v) is 10.9. The van der Waals surface area contributed by atoms with Crippen molar-refractivity contribution in [3.8, 4) is 0 Å². The predicted octanol–water partition coefficient (Wildman–Crippen LogP) is -1.70. The molecule has 0 atom stereocenters. The van der Waals surface area contributed by atoms with Gasteiger partial charge in [0.2, 0.25) is 0 Å². The van der Waals surface area contributed by atoms with Gasteiger partial charge in [-0.2, -0.15) is 0 Å². The fourth-order valence-electron chi connectivity index (χ4n) is 0.428. The first-order valence-electron chi connectivity index (χ1n) is 3.52. The Morgan fingerprint density at radius 1 is 1.08 bits per heavy atom. The summed E-state index contributed by atoms with van der Waals surface area (Å²) in [6.07, 6.45) is 2.70. The van der Waals surface area contributed by atoms with Crippen molar-refractivity contribution in [1.82, 2.24) is 0 Å². The van der Waals surface area contributed by atoms with E-state index in [1.165, 1.54) is 24.3 Å². The van der Waals surface area contributed by atoms with E-state index >= 15 is 0 Å². The van der Waals surface area contributed by atoms with Gasteiger partial charge in [-0.05, 0) is 24.6 Å². The quantitative estimate of drug-likeness (QED) is 0.245. The van der Waals surface area contributed by atoms with Gasteiger partial charge in [0.05, 0.1) is 0 Å². The molecule has 0 amide bonds. The molecular weight excluding hydrogens is 203 g/mol. The summed E-state index contributed by atoms with van der Waals surface area (Å²) in [5.41, 5.74) is 0. The van der Waals surface area contributed by atoms with Crippen LogP contribution in [0.4, 0.5) is 0 Å².